The van der Waals surface area contributed by atoms with Crippen molar-refractivity contribution in [1.29, 1.82) is 0 Å². The number of rotatable bonds is 3. The summed E-state index contributed by atoms with van der Waals surface area (Å²) in [5.41, 5.74) is 1.46. The highest BCUT2D eigenvalue weighted by Crippen LogP contribution is 2.25. The Balaban J connectivity index is 1.57. The Morgan fingerprint density at radius 3 is 2.68 bits per heavy atom. The van der Waals surface area contributed by atoms with Crippen LogP contribution in [0.4, 0.5) is 0 Å². The molecule has 1 N–H and O–H groups in total. The van der Waals surface area contributed by atoms with Crippen LogP contribution in [0.5, 0.6) is 0 Å². The van der Waals surface area contributed by atoms with Crippen molar-refractivity contribution in [1.82, 2.24) is 14.8 Å². The number of nitrogens with one attached hydrogen (secondary N) is 1. The highest BCUT2D eigenvalue weighted by atomic mass is 16.5. The molecule has 0 aliphatic carbocycles. The van der Waals surface area contributed by atoms with Crippen molar-refractivity contribution in [3.63, 3.8) is 0 Å². The molecule has 2 aromatic rings. The van der Waals surface area contributed by atoms with Gasteiger partial charge in [-0.2, -0.15) is 0 Å². The fourth-order valence-electron chi connectivity index (χ4n) is 3.91. The van der Waals surface area contributed by atoms with Gasteiger partial charge in [-0.05, 0) is 24.6 Å². The molecular weight excluding hydrogens is 358 g/mol. The standard InChI is InChI=1S/C21H23N3O4/c1-14-7-8-16(20(26)22-14)21(27)23-12-17-18(13-23)28-10-9-19(25)24(17)11-15-5-3-2-4-6-15/h2-8,17-18H,9-13H2,1H3,(H,22,26)/t17-,18-/m0/s1. The topological polar surface area (TPSA) is 82.7 Å². The number of aromatic nitrogens is 1. The van der Waals surface area contributed by atoms with Gasteiger partial charge in [-0.1, -0.05) is 30.3 Å². The molecule has 2 aliphatic heterocycles. The number of hydrogen-bond donors (Lipinski definition) is 1. The van der Waals surface area contributed by atoms with Crippen LogP contribution in [-0.4, -0.2) is 58.4 Å². The SMILES string of the molecule is Cc1ccc(C(=O)N2C[C@@H]3OCCC(=O)N(Cc4ccccc4)[C@H]3C2)c(=O)[nH]1. The molecule has 2 amide bonds. The van der Waals surface area contributed by atoms with Gasteiger partial charge in [-0.25, -0.2) is 0 Å². The van der Waals surface area contributed by atoms with Crippen LogP contribution in [-0.2, 0) is 16.1 Å². The van der Waals surface area contributed by atoms with Crippen LogP contribution in [0.25, 0.3) is 0 Å². The quantitative estimate of drug-likeness (QED) is 0.869. The highest BCUT2D eigenvalue weighted by Gasteiger charge is 2.43. The van der Waals surface area contributed by atoms with Gasteiger partial charge in [0.2, 0.25) is 5.91 Å². The van der Waals surface area contributed by atoms with E-state index in [2.05, 4.69) is 4.98 Å². The van der Waals surface area contributed by atoms with E-state index in [1.165, 1.54) is 0 Å². The van der Waals surface area contributed by atoms with Crippen molar-refractivity contribution in [3.05, 3.63) is 69.6 Å². The molecule has 0 saturated carbocycles. The summed E-state index contributed by atoms with van der Waals surface area (Å²) in [5, 5.41) is 0. The number of pyridine rings is 1. The van der Waals surface area contributed by atoms with Crippen LogP contribution in [0.15, 0.2) is 47.3 Å². The predicted octanol–water partition coefficient (Wildman–Crippen LogP) is 1.33. The zero-order valence-electron chi connectivity index (χ0n) is 15.8. The maximum Gasteiger partial charge on any atom is 0.260 e. The summed E-state index contributed by atoms with van der Waals surface area (Å²) in [4.78, 5) is 43.9. The van der Waals surface area contributed by atoms with Gasteiger partial charge in [-0.3, -0.25) is 14.4 Å². The zero-order chi connectivity index (χ0) is 19.7. The van der Waals surface area contributed by atoms with Crippen LogP contribution in [0.3, 0.4) is 0 Å². The fraction of sp³-hybridized carbons (Fsp3) is 0.381. The van der Waals surface area contributed by atoms with Gasteiger partial charge in [0.05, 0.1) is 25.2 Å². The number of carbonyl (C=O) groups is 2. The van der Waals surface area contributed by atoms with Crippen LogP contribution in [0.2, 0.25) is 0 Å². The molecule has 4 rings (SSSR count). The second-order valence-corrected chi connectivity index (χ2v) is 7.33. The van der Waals surface area contributed by atoms with E-state index in [4.69, 9.17) is 4.74 Å². The number of benzene rings is 1. The van der Waals surface area contributed by atoms with Gasteiger partial charge < -0.3 is 19.5 Å². The molecular formula is C21H23N3O4. The number of carbonyl (C=O) groups excluding carboxylic acids is 2. The Morgan fingerprint density at radius 1 is 1.14 bits per heavy atom. The molecule has 3 heterocycles. The van der Waals surface area contributed by atoms with E-state index in [1.54, 1.807) is 24.0 Å². The van der Waals surface area contributed by atoms with E-state index in [0.717, 1.165) is 5.56 Å². The monoisotopic (exact) mass is 381 g/mol. The molecule has 0 bridgehead atoms. The minimum Gasteiger partial charge on any atom is -0.374 e. The first-order chi connectivity index (χ1) is 13.5. The molecule has 146 valence electrons. The maximum absolute atomic E-state index is 12.9. The van der Waals surface area contributed by atoms with Crippen LogP contribution < -0.4 is 5.56 Å². The number of amides is 2. The van der Waals surface area contributed by atoms with Crippen molar-refractivity contribution in [2.75, 3.05) is 19.7 Å². The summed E-state index contributed by atoms with van der Waals surface area (Å²) in [7, 11) is 0. The molecule has 7 nitrogen and oxygen atoms in total. The minimum absolute atomic E-state index is 0.0267. The summed E-state index contributed by atoms with van der Waals surface area (Å²) in [5.74, 6) is -0.302. The molecule has 1 aromatic heterocycles. The van der Waals surface area contributed by atoms with E-state index >= 15 is 0 Å². The third-order valence-corrected chi connectivity index (χ3v) is 5.37. The van der Waals surface area contributed by atoms with Crippen molar-refractivity contribution < 1.29 is 14.3 Å². The molecule has 0 spiro atoms. The molecule has 7 heteroatoms. The number of likely N-dealkylation sites (tertiary alicyclic amines) is 1. The summed E-state index contributed by atoms with van der Waals surface area (Å²) >= 11 is 0. The molecule has 28 heavy (non-hydrogen) atoms. The molecule has 0 radical (unpaired) electrons. The van der Waals surface area contributed by atoms with E-state index < -0.39 is 5.56 Å². The number of H-pyrrole nitrogens is 1. The van der Waals surface area contributed by atoms with Gasteiger partial charge in [0.1, 0.15) is 5.56 Å². The minimum atomic E-state index is -0.393. The Morgan fingerprint density at radius 2 is 1.93 bits per heavy atom. The third-order valence-electron chi connectivity index (χ3n) is 5.37. The van der Waals surface area contributed by atoms with Crippen molar-refractivity contribution in [2.45, 2.75) is 32.0 Å². The number of nitrogens with zero attached hydrogens (tertiary/aromatic N) is 2. The maximum atomic E-state index is 12.9. The lowest BCUT2D eigenvalue weighted by Crippen LogP contribution is -2.45. The number of hydrogen-bond acceptors (Lipinski definition) is 4. The number of ether oxygens (including phenoxy) is 1. The third kappa shape index (κ3) is 3.57. The van der Waals surface area contributed by atoms with Gasteiger partial charge in [0.15, 0.2) is 0 Å². The number of aryl methyl sites for hydroxylation is 1. The lowest BCUT2D eigenvalue weighted by molar-refractivity contribution is -0.133. The first kappa shape index (κ1) is 18.4. The van der Waals surface area contributed by atoms with Crippen LogP contribution in [0.1, 0.15) is 28.0 Å². The molecule has 2 fully saturated rings. The fourth-order valence-corrected chi connectivity index (χ4v) is 3.91. The van der Waals surface area contributed by atoms with Crippen molar-refractivity contribution in [3.8, 4) is 0 Å². The summed E-state index contributed by atoms with van der Waals surface area (Å²) in [6.07, 6.45) is 0.0921. The molecule has 2 atom stereocenters. The lowest BCUT2D eigenvalue weighted by atomic mass is 10.1. The lowest BCUT2D eigenvalue weighted by Gasteiger charge is -2.29. The molecule has 1 aromatic carbocycles. The average Bonchev–Trinajstić information content (AvgIpc) is 3.04. The Hall–Kier alpha value is -2.93. The number of fused-ring (bicyclic) bond motifs is 1. The van der Waals surface area contributed by atoms with Gasteiger partial charge in [0, 0.05) is 25.3 Å². The molecule has 2 aliphatic rings. The van der Waals surface area contributed by atoms with E-state index in [1.807, 2.05) is 35.2 Å². The van der Waals surface area contributed by atoms with E-state index in [-0.39, 0.29) is 29.5 Å². The van der Waals surface area contributed by atoms with Crippen LogP contribution >= 0.6 is 0 Å². The summed E-state index contributed by atoms with van der Waals surface area (Å²) in [6.45, 7) is 3.32. The van der Waals surface area contributed by atoms with E-state index in [9.17, 15) is 14.4 Å². The van der Waals surface area contributed by atoms with Gasteiger partial charge in [0.25, 0.3) is 11.5 Å². The summed E-state index contributed by atoms with van der Waals surface area (Å²) in [6, 6.07) is 12.8. The molecule has 0 unspecified atom stereocenters. The predicted molar refractivity (Wildman–Crippen MR) is 103 cm³/mol. The largest absolute Gasteiger partial charge is 0.374 e. The second-order valence-electron chi connectivity index (χ2n) is 7.33. The van der Waals surface area contributed by atoms with Crippen LogP contribution in [0, 0.1) is 6.92 Å². The summed E-state index contributed by atoms with van der Waals surface area (Å²) < 4.78 is 5.89. The zero-order valence-corrected chi connectivity index (χ0v) is 15.8. The first-order valence-corrected chi connectivity index (χ1v) is 9.47. The second kappa shape index (κ2) is 7.59. The van der Waals surface area contributed by atoms with Gasteiger partial charge >= 0.3 is 0 Å². The Labute approximate surface area is 162 Å². The van der Waals surface area contributed by atoms with Crippen molar-refractivity contribution in [2.24, 2.45) is 0 Å². The molecule has 2 saturated heterocycles. The van der Waals surface area contributed by atoms with E-state index in [0.29, 0.717) is 38.4 Å². The number of aromatic amines is 1. The Bertz CT molecular complexity index is 940. The van der Waals surface area contributed by atoms with Gasteiger partial charge in [-0.15, -0.1) is 0 Å². The smallest absolute Gasteiger partial charge is 0.260 e. The normalized spacial score (nSPS) is 22.1. The Kier molecular flexibility index (Phi) is 5.00. The highest BCUT2D eigenvalue weighted by molar-refractivity contribution is 5.94. The average molecular weight is 381 g/mol. The first-order valence-electron chi connectivity index (χ1n) is 9.47. The van der Waals surface area contributed by atoms with Crippen molar-refractivity contribution >= 4 is 11.8 Å².